The summed E-state index contributed by atoms with van der Waals surface area (Å²) in [6, 6.07) is 0.0321. The third-order valence-electron chi connectivity index (χ3n) is 2.25. The van der Waals surface area contributed by atoms with E-state index in [0.717, 1.165) is 13.0 Å². The summed E-state index contributed by atoms with van der Waals surface area (Å²) in [7, 11) is 0. The van der Waals surface area contributed by atoms with Crippen LogP contribution in [0.25, 0.3) is 0 Å². The highest BCUT2D eigenvalue weighted by Gasteiger charge is 2.17. The molecule has 0 spiro atoms. The second-order valence-corrected chi connectivity index (χ2v) is 3.83. The van der Waals surface area contributed by atoms with E-state index in [9.17, 15) is 4.79 Å². The van der Waals surface area contributed by atoms with Crippen LogP contribution in [0.15, 0.2) is 0 Å². The molecule has 15 heavy (non-hydrogen) atoms. The summed E-state index contributed by atoms with van der Waals surface area (Å²) in [5, 5.41) is 2.82. The smallest absolute Gasteiger partial charge is 0.221 e. The molecule has 0 aromatic carbocycles. The minimum absolute atomic E-state index is 0.0173. The van der Waals surface area contributed by atoms with Crippen LogP contribution >= 0.6 is 0 Å². The third-order valence-corrected chi connectivity index (χ3v) is 2.25. The van der Waals surface area contributed by atoms with Crippen LogP contribution in [-0.4, -0.2) is 44.4 Å². The molecule has 1 amide bonds. The molecule has 0 saturated carbocycles. The molecule has 0 radical (unpaired) electrons. The van der Waals surface area contributed by atoms with E-state index in [1.165, 1.54) is 0 Å². The maximum atomic E-state index is 11.2. The fourth-order valence-electron chi connectivity index (χ4n) is 1.44. The van der Waals surface area contributed by atoms with Gasteiger partial charge >= 0.3 is 0 Å². The largest absolute Gasteiger partial charge is 0.379 e. The summed E-state index contributed by atoms with van der Waals surface area (Å²) in [4.78, 5) is 11.2. The molecule has 1 aliphatic rings. The molecule has 88 valence electrons. The molecule has 0 bridgehead atoms. The number of carbonyl (C=O) groups excluding carboxylic acids is 1. The average Bonchev–Trinajstić information content (AvgIpc) is 2.67. The van der Waals surface area contributed by atoms with Gasteiger partial charge in [-0.3, -0.25) is 4.79 Å². The van der Waals surface area contributed by atoms with Crippen LogP contribution in [0.3, 0.4) is 0 Å². The highest BCUT2D eigenvalue weighted by Crippen LogP contribution is 2.08. The molecule has 1 rings (SSSR count). The molecule has 0 aliphatic carbocycles. The van der Waals surface area contributed by atoms with Gasteiger partial charge in [0.05, 0.1) is 19.3 Å². The summed E-state index contributed by atoms with van der Waals surface area (Å²) in [6.07, 6.45) is 1.51. The Hall–Kier alpha value is -0.650. The van der Waals surface area contributed by atoms with Gasteiger partial charge in [0.25, 0.3) is 0 Å². The molecule has 3 N–H and O–H groups in total. The minimum atomic E-state index is -0.0173. The van der Waals surface area contributed by atoms with Crippen molar-refractivity contribution in [2.75, 3.05) is 26.4 Å². The second-order valence-electron chi connectivity index (χ2n) is 3.83. The molecule has 5 nitrogen and oxygen atoms in total. The third kappa shape index (κ3) is 5.11. The van der Waals surface area contributed by atoms with Gasteiger partial charge in [0.1, 0.15) is 0 Å². The van der Waals surface area contributed by atoms with Crippen molar-refractivity contribution in [1.82, 2.24) is 5.32 Å². The van der Waals surface area contributed by atoms with Crippen LogP contribution in [0.4, 0.5) is 0 Å². The lowest BCUT2D eigenvalue weighted by molar-refractivity contribution is -0.122. The summed E-state index contributed by atoms with van der Waals surface area (Å²) >= 11 is 0. The summed E-state index contributed by atoms with van der Waals surface area (Å²) < 4.78 is 10.8. The van der Waals surface area contributed by atoms with Crippen molar-refractivity contribution in [1.29, 1.82) is 0 Å². The number of nitrogens with two attached hydrogens (primary N) is 1. The molecule has 1 aliphatic heterocycles. The SMILES string of the molecule is CC(COC1CCOC1)NC(=O)CCN. The predicted octanol–water partition coefficient (Wildman–Crippen LogP) is -0.355. The Morgan fingerprint density at radius 2 is 2.53 bits per heavy atom. The van der Waals surface area contributed by atoms with Gasteiger partial charge in [-0.25, -0.2) is 0 Å². The van der Waals surface area contributed by atoms with E-state index in [2.05, 4.69) is 5.32 Å². The van der Waals surface area contributed by atoms with Gasteiger partial charge in [-0.15, -0.1) is 0 Å². The topological polar surface area (TPSA) is 73.6 Å². The van der Waals surface area contributed by atoms with Crippen molar-refractivity contribution in [3.63, 3.8) is 0 Å². The quantitative estimate of drug-likeness (QED) is 0.636. The van der Waals surface area contributed by atoms with Gasteiger partial charge in [-0.2, -0.15) is 0 Å². The molecule has 5 heteroatoms. The zero-order chi connectivity index (χ0) is 11.1. The number of carbonyl (C=O) groups is 1. The Balaban J connectivity index is 2.06. The molecular formula is C10H20N2O3. The molecule has 2 atom stereocenters. The van der Waals surface area contributed by atoms with E-state index in [1.54, 1.807) is 0 Å². The molecule has 1 heterocycles. The zero-order valence-electron chi connectivity index (χ0n) is 9.20. The normalized spacial score (nSPS) is 22.7. The predicted molar refractivity (Wildman–Crippen MR) is 56.5 cm³/mol. The molecule has 0 aromatic heterocycles. The monoisotopic (exact) mass is 216 g/mol. The van der Waals surface area contributed by atoms with Gasteiger partial charge in [0, 0.05) is 25.6 Å². The average molecular weight is 216 g/mol. The fourth-order valence-corrected chi connectivity index (χ4v) is 1.44. The number of rotatable bonds is 6. The van der Waals surface area contributed by atoms with Crippen LogP contribution in [0.2, 0.25) is 0 Å². The van der Waals surface area contributed by atoms with E-state index in [0.29, 0.717) is 26.2 Å². The van der Waals surface area contributed by atoms with Crippen LogP contribution in [-0.2, 0) is 14.3 Å². The van der Waals surface area contributed by atoms with Crippen LogP contribution in [0, 0.1) is 0 Å². The van der Waals surface area contributed by atoms with Crippen molar-refractivity contribution in [3.05, 3.63) is 0 Å². The van der Waals surface area contributed by atoms with Crippen LogP contribution in [0.5, 0.6) is 0 Å². The van der Waals surface area contributed by atoms with E-state index < -0.39 is 0 Å². The summed E-state index contributed by atoms with van der Waals surface area (Å²) in [5.41, 5.74) is 5.27. The Morgan fingerprint density at radius 3 is 3.13 bits per heavy atom. The number of ether oxygens (including phenoxy) is 2. The van der Waals surface area contributed by atoms with Crippen molar-refractivity contribution in [2.45, 2.75) is 31.9 Å². The number of hydrogen-bond acceptors (Lipinski definition) is 4. The number of amides is 1. The summed E-state index contributed by atoms with van der Waals surface area (Å²) in [5.74, 6) is -0.0173. The summed E-state index contributed by atoms with van der Waals surface area (Å²) in [6.45, 7) is 4.28. The van der Waals surface area contributed by atoms with Crippen molar-refractivity contribution in [3.8, 4) is 0 Å². The Kier molecular flexibility index (Phi) is 5.60. The van der Waals surface area contributed by atoms with E-state index in [4.69, 9.17) is 15.2 Å². The number of hydrogen-bond donors (Lipinski definition) is 2. The molecule has 0 aromatic rings. The highest BCUT2D eigenvalue weighted by molar-refractivity contribution is 5.76. The minimum Gasteiger partial charge on any atom is -0.379 e. The van der Waals surface area contributed by atoms with E-state index >= 15 is 0 Å². The Morgan fingerprint density at radius 1 is 1.73 bits per heavy atom. The van der Waals surface area contributed by atoms with E-state index in [-0.39, 0.29) is 18.1 Å². The standard InChI is InChI=1S/C10H20N2O3/c1-8(12-10(13)2-4-11)6-15-9-3-5-14-7-9/h8-9H,2-7,11H2,1H3,(H,12,13). The van der Waals surface area contributed by atoms with Gasteiger partial charge in [0.15, 0.2) is 0 Å². The Bertz CT molecular complexity index is 193. The Labute approximate surface area is 90.3 Å². The molecule has 1 fully saturated rings. The lowest BCUT2D eigenvalue weighted by atomic mass is 10.3. The van der Waals surface area contributed by atoms with Gasteiger partial charge in [-0.05, 0) is 13.3 Å². The maximum Gasteiger partial charge on any atom is 0.221 e. The first kappa shape index (κ1) is 12.4. The lowest BCUT2D eigenvalue weighted by Crippen LogP contribution is -2.37. The van der Waals surface area contributed by atoms with Gasteiger partial charge in [0.2, 0.25) is 5.91 Å². The van der Waals surface area contributed by atoms with Crippen LogP contribution < -0.4 is 11.1 Å². The first-order valence-corrected chi connectivity index (χ1v) is 5.41. The maximum absolute atomic E-state index is 11.2. The van der Waals surface area contributed by atoms with E-state index in [1.807, 2.05) is 6.92 Å². The first-order chi connectivity index (χ1) is 7.22. The van der Waals surface area contributed by atoms with Gasteiger partial charge in [-0.1, -0.05) is 0 Å². The number of nitrogens with one attached hydrogen (secondary N) is 1. The second kappa shape index (κ2) is 6.76. The highest BCUT2D eigenvalue weighted by atomic mass is 16.5. The van der Waals surface area contributed by atoms with Crippen molar-refractivity contribution in [2.24, 2.45) is 5.73 Å². The molecule has 2 unspecified atom stereocenters. The van der Waals surface area contributed by atoms with Crippen LogP contribution in [0.1, 0.15) is 19.8 Å². The first-order valence-electron chi connectivity index (χ1n) is 5.41. The lowest BCUT2D eigenvalue weighted by Gasteiger charge is -2.16. The zero-order valence-corrected chi connectivity index (χ0v) is 9.20. The van der Waals surface area contributed by atoms with Crippen molar-refractivity contribution >= 4 is 5.91 Å². The van der Waals surface area contributed by atoms with Crippen molar-refractivity contribution < 1.29 is 14.3 Å². The molecular weight excluding hydrogens is 196 g/mol. The van der Waals surface area contributed by atoms with Gasteiger partial charge < -0.3 is 20.5 Å². The molecule has 1 saturated heterocycles. The fraction of sp³-hybridized carbons (Fsp3) is 0.900.